The van der Waals surface area contributed by atoms with E-state index in [1.165, 1.54) is 0 Å². The maximum absolute atomic E-state index is 10.7. The van der Waals surface area contributed by atoms with Gasteiger partial charge in [0, 0.05) is 26.2 Å². The minimum atomic E-state index is -0.796. The summed E-state index contributed by atoms with van der Waals surface area (Å²) >= 11 is 6.22. The number of carboxylic acids is 1. The fraction of sp³-hybridized carbons (Fsp3) is 0.429. The first kappa shape index (κ1) is 14.6. The number of aliphatic carboxylic acids is 1. The lowest BCUT2D eigenvalue weighted by Crippen LogP contribution is -2.34. The molecule has 1 aromatic rings. The van der Waals surface area contributed by atoms with Crippen LogP contribution in [0.3, 0.4) is 0 Å². The lowest BCUT2D eigenvalue weighted by molar-refractivity contribution is -0.138. The van der Waals surface area contributed by atoms with Gasteiger partial charge in [0.15, 0.2) is 0 Å². The van der Waals surface area contributed by atoms with Gasteiger partial charge < -0.3 is 10.0 Å². The quantitative estimate of drug-likeness (QED) is 0.920. The standard InChI is InChI=1S/C14H16ClN3O2/c15-12-8-11(9-16)2-3-13(12)18-5-1-4-17(6-7-18)10-14(19)20/h2-3,8H,1,4-7,10H2,(H,19,20). The third-order valence-corrected chi connectivity index (χ3v) is 3.67. The van der Waals surface area contributed by atoms with Crippen molar-refractivity contribution in [1.29, 1.82) is 5.26 Å². The maximum atomic E-state index is 10.7. The van der Waals surface area contributed by atoms with Crippen LogP contribution in [-0.4, -0.2) is 48.7 Å². The summed E-state index contributed by atoms with van der Waals surface area (Å²) in [5.41, 5.74) is 1.45. The van der Waals surface area contributed by atoms with Gasteiger partial charge in [0.25, 0.3) is 0 Å². The third kappa shape index (κ3) is 3.62. The summed E-state index contributed by atoms with van der Waals surface area (Å²) in [6, 6.07) is 7.33. The zero-order chi connectivity index (χ0) is 14.5. The molecule has 1 aliphatic rings. The summed E-state index contributed by atoms with van der Waals surface area (Å²) in [6.45, 7) is 3.12. The predicted octanol–water partition coefficient (Wildman–Crippen LogP) is 1.81. The third-order valence-electron chi connectivity index (χ3n) is 3.36. The number of halogens is 1. The number of benzene rings is 1. The Hall–Kier alpha value is -1.77. The summed E-state index contributed by atoms with van der Waals surface area (Å²) < 4.78 is 0. The monoisotopic (exact) mass is 293 g/mol. The van der Waals surface area contributed by atoms with Crippen LogP contribution in [0.5, 0.6) is 0 Å². The first-order chi connectivity index (χ1) is 9.60. The molecule has 20 heavy (non-hydrogen) atoms. The number of hydrogen-bond donors (Lipinski definition) is 1. The number of nitrogens with zero attached hydrogens (tertiary/aromatic N) is 3. The molecule has 0 unspecified atom stereocenters. The molecule has 1 heterocycles. The van der Waals surface area contributed by atoms with Gasteiger partial charge in [0.2, 0.25) is 0 Å². The van der Waals surface area contributed by atoms with E-state index in [4.69, 9.17) is 22.0 Å². The molecule has 1 N–H and O–H groups in total. The Bertz CT molecular complexity index is 542. The van der Waals surface area contributed by atoms with Crippen molar-refractivity contribution in [2.24, 2.45) is 0 Å². The largest absolute Gasteiger partial charge is 0.480 e. The van der Waals surface area contributed by atoms with Gasteiger partial charge in [0.05, 0.1) is 28.9 Å². The van der Waals surface area contributed by atoms with Gasteiger partial charge in [-0.25, -0.2) is 0 Å². The number of carboxylic acid groups (broad SMARTS) is 1. The van der Waals surface area contributed by atoms with Crippen LogP contribution in [0.4, 0.5) is 5.69 Å². The molecule has 0 amide bonds. The van der Waals surface area contributed by atoms with E-state index in [0.717, 1.165) is 31.7 Å². The molecule has 0 aromatic heterocycles. The molecule has 2 rings (SSSR count). The zero-order valence-corrected chi connectivity index (χ0v) is 11.8. The fourth-order valence-electron chi connectivity index (χ4n) is 2.39. The van der Waals surface area contributed by atoms with Gasteiger partial charge in [-0.05, 0) is 24.6 Å². The van der Waals surface area contributed by atoms with E-state index >= 15 is 0 Å². The average Bonchev–Trinajstić information content (AvgIpc) is 2.63. The summed E-state index contributed by atoms with van der Waals surface area (Å²) in [5.74, 6) is -0.796. The summed E-state index contributed by atoms with van der Waals surface area (Å²) in [6.07, 6.45) is 0.892. The number of rotatable bonds is 3. The van der Waals surface area contributed by atoms with E-state index in [9.17, 15) is 4.79 Å². The molecule has 1 fully saturated rings. The van der Waals surface area contributed by atoms with Crippen molar-refractivity contribution in [1.82, 2.24) is 4.90 Å². The van der Waals surface area contributed by atoms with Gasteiger partial charge >= 0.3 is 5.97 Å². The molecule has 0 atom stereocenters. The summed E-state index contributed by atoms with van der Waals surface area (Å²) in [7, 11) is 0. The second-order valence-corrected chi connectivity index (χ2v) is 5.20. The second kappa shape index (κ2) is 6.60. The molecule has 0 aliphatic carbocycles. The molecule has 0 spiro atoms. The van der Waals surface area contributed by atoms with Crippen LogP contribution in [0.1, 0.15) is 12.0 Å². The first-order valence-electron chi connectivity index (χ1n) is 6.49. The normalized spacial score (nSPS) is 16.5. The van der Waals surface area contributed by atoms with E-state index in [1.807, 2.05) is 11.0 Å². The predicted molar refractivity (Wildman–Crippen MR) is 77.1 cm³/mol. The van der Waals surface area contributed by atoms with Gasteiger partial charge in [-0.15, -0.1) is 0 Å². The minimum Gasteiger partial charge on any atom is -0.480 e. The highest BCUT2D eigenvalue weighted by atomic mass is 35.5. The highest BCUT2D eigenvalue weighted by molar-refractivity contribution is 6.33. The van der Waals surface area contributed by atoms with Gasteiger partial charge in [-0.3, -0.25) is 9.69 Å². The number of anilines is 1. The van der Waals surface area contributed by atoms with Gasteiger partial charge in [-0.2, -0.15) is 5.26 Å². The van der Waals surface area contributed by atoms with Crippen molar-refractivity contribution in [3.63, 3.8) is 0 Å². The van der Waals surface area contributed by atoms with Crippen molar-refractivity contribution in [2.45, 2.75) is 6.42 Å². The van der Waals surface area contributed by atoms with Crippen molar-refractivity contribution in [2.75, 3.05) is 37.6 Å². The van der Waals surface area contributed by atoms with Gasteiger partial charge in [0.1, 0.15) is 0 Å². The summed E-state index contributed by atoms with van der Waals surface area (Å²) in [4.78, 5) is 14.8. The smallest absolute Gasteiger partial charge is 0.317 e. The number of hydrogen-bond acceptors (Lipinski definition) is 4. The van der Waals surface area contributed by atoms with Gasteiger partial charge in [-0.1, -0.05) is 11.6 Å². The second-order valence-electron chi connectivity index (χ2n) is 4.79. The molecule has 1 aromatic carbocycles. The molecule has 1 aliphatic heterocycles. The Labute approximate surface area is 123 Å². The van der Waals surface area contributed by atoms with E-state index in [2.05, 4.69) is 11.0 Å². The van der Waals surface area contributed by atoms with E-state index in [0.29, 0.717) is 17.1 Å². The average molecular weight is 294 g/mol. The van der Waals surface area contributed by atoms with Crippen LogP contribution in [0.25, 0.3) is 0 Å². The highest BCUT2D eigenvalue weighted by Crippen LogP contribution is 2.27. The maximum Gasteiger partial charge on any atom is 0.317 e. The molecule has 5 nitrogen and oxygen atoms in total. The van der Waals surface area contributed by atoms with Crippen molar-refractivity contribution < 1.29 is 9.90 Å². The van der Waals surface area contributed by atoms with E-state index < -0.39 is 5.97 Å². The molecule has 1 saturated heterocycles. The molecule has 106 valence electrons. The fourth-order valence-corrected chi connectivity index (χ4v) is 2.69. The summed E-state index contributed by atoms with van der Waals surface area (Å²) in [5, 5.41) is 18.2. The van der Waals surface area contributed by atoms with Crippen LogP contribution in [0.2, 0.25) is 5.02 Å². The first-order valence-corrected chi connectivity index (χ1v) is 6.86. The number of nitriles is 1. The molecule has 0 saturated carbocycles. The molecular formula is C14H16ClN3O2. The zero-order valence-electron chi connectivity index (χ0n) is 11.0. The molecule has 0 bridgehead atoms. The molecular weight excluding hydrogens is 278 g/mol. The lowest BCUT2D eigenvalue weighted by Gasteiger charge is -2.24. The minimum absolute atomic E-state index is 0.0783. The van der Waals surface area contributed by atoms with Crippen LogP contribution in [0.15, 0.2) is 18.2 Å². The van der Waals surface area contributed by atoms with Crippen molar-refractivity contribution >= 4 is 23.3 Å². The van der Waals surface area contributed by atoms with Crippen molar-refractivity contribution in [3.05, 3.63) is 28.8 Å². The van der Waals surface area contributed by atoms with Crippen molar-refractivity contribution in [3.8, 4) is 6.07 Å². The molecule has 6 heteroatoms. The van der Waals surface area contributed by atoms with Crippen LogP contribution in [0, 0.1) is 11.3 Å². The van der Waals surface area contributed by atoms with Crippen LogP contribution in [-0.2, 0) is 4.79 Å². The highest BCUT2D eigenvalue weighted by Gasteiger charge is 2.18. The van der Waals surface area contributed by atoms with E-state index in [-0.39, 0.29) is 6.54 Å². The van der Waals surface area contributed by atoms with Crippen LogP contribution >= 0.6 is 11.6 Å². The molecule has 0 radical (unpaired) electrons. The Morgan fingerprint density at radius 3 is 2.80 bits per heavy atom. The Morgan fingerprint density at radius 2 is 2.15 bits per heavy atom. The van der Waals surface area contributed by atoms with Crippen LogP contribution < -0.4 is 4.90 Å². The Balaban J connectivity index is 2.07. The topological polar surface area (TPSA) is 67.6 Å². The van der Waals surface area contributed by atoms with E-state index in [1.54, 1.807) is 12.1 Å². The Kier molecular flexibility index (Phi) is 4.83. The Morgan fingerprint density at radius 1 is 1.35 bits per heavy atom. The number of carbonyl (C=O) groups is 1. The lowest BCUT2D eigenvalue weighted by atomic mass is 10.2. The SMILES string of the molecule is N#Cc1ccc(N2CCCN(CC(=O)O)CC2)c(Cl)c1.